The number of carbonyl (C=O) groups excluding carboxylic acids is 3. The van der Waals surface area contributed by atoms with E-state index in [1.54, 1.807) is 6.07 Å². The standard InChI is InChI=1S/C20H20F4N2O3S/c1-5-6-17(12(3)27)30-18-9-16(15(21)8-14(18)10-25)26(13(4)28)19(29)7-11(2)20(22,23)24/h7-9,17H,5-6H2,1-4H3/b11-7+. The number of benzene rings is 1. The Morgan fingerprint density at radius 1 is 1.23 bits per heavy atom. The molecular formula is C20H20F4N2O3S. The van der Waals surface area contributed by atoms with E-state index in [0.717, 1.165) is 30.8 Å². The molecular weight excluding hydrogens is 424 g/mol. The number of Topliss-reactive ketones (excluding diaryl/α,β-unsaturated/α-hetero) is 1. The fourth-order valence-electron chi connectivity index (χ4n) is 2.43. The predicted octanol–water partition coefficient (Wildman–Crippen LogP) is 4.94. The van der Waals surface area contributed by atoms with Crippen molar-refractivity contribution >= 4 is 35.0 Å². The van der Waals surface area contributed by atoms with E-state index in [4.69, 9.17) is 0 Å². The Hall–Kier alpha value is -2.67. The molecule has 0 bridgehead atoms. The van der Waals surface area contributed by atoms with Crippen LogP contribution < -0.4 is 4.90 Å². The number of imide groups is 1. The number of thioether (sulfide) groups is 1. The normalized spacial score (nSPS) is 12.8. The van der Waals surface area contributed by atoms with Gasteiger partial charge in [0.2, 0.25) is 5.91 Å². The molecule has 1 rings (SSSR count). The van der Waals surface area contributed by atoms with E-state index in [2.05, 4.69) is 0 Å². The monoisotopic (exact) mass is 444 g/mol. The number of rotatable bonds is 7. The van der Waals surface area contributed by atoms with Gasteiger partial charge in [0.1, 0.15) is 17.7 Å². The smallest absolute Gasteiger partial charge is 0.299 e. The molecule has 0 N–H and O–H groups in total. The van der Waals surface area contributed by atoms with E-state index in [1.807, 2.05) is 6.92 Å². The van der Waals surface area contributed by atoms with Crippen molar-refractivity contribution in [2.24, 2.45) is 0 Å². The van der Waals surface area contributed by atoms with Crippen LogP contribution in [0.3, 0.4) is 0 Å². The molecule has 1 unspecified atom stereocenters. The third kappa shape index (κ3) is 6.42. The highest BCUT2D eigenvalue weighted by atomic mass is 32.2. The van der Waals surface area contributed by atoms with Gasteiger partial charge in [-0.25, -0.2) is 9.29 Å². The SMILES string of the molecule is CCCC(Sc1cc(N(C(C)=O)C(=O)/C=C(\C)C(F)(F)F)c(F)cc1C#N)C(C)=O. The molecule has 0 heterocycles. The quantitative estimate of drug-likeness (QED) is 0.338. The highest BCUT2D eigenvalue weighted by Crippen LogP contribution is 2.35. The van der Waals surface area contributed by atoms with Crippen LogP contribution in [0.25, 0.3) is 0 Å². The van der Waals surface area contributed by atoms with Crippen LogP contribution in [0.15, 0.2) is 28.7 Å². The van der Waals surface area contributed by atoms with Gasteiger partial charge in [-0.15, -0.1) is 11.8 Å². The number of allylic oxidation sites excluding steroid dienone is 1. The highest BCUT2D eigenvalue weighted by molar-refractivity contribution is 8.00. The maximum Gasteiger partial charge on any atom is 0.412 e. The lowest BCUT2D eigenvalue weighted by Gasteiger charge is -2.21. The van der Waals surface area contributed by atoms with Gasteiger partial charge < -0.3 is 0 Å². The molecule has 1 aromatic rings. The number of carbonyl (C=O) groups is 3. The Labute approximate surface area is 175 Å². The Morgan fingerprint density at radius 3 is 2.27 bits per heavy atom. The Bertz CT molecular complexity index is 920. The maximum atomic E-state index is 14.6. The molecule has 0 aliphatic heterocycles. The summed E-state index contributed by atoms with van der Waals surface area (Å²) in [5.41, 5.74) is -1.98. The van der Waals surface area contributed by atoms with Gasteiger partial charge in [-0.2, -0.15) is 18.4 Å². The van der Waals surface area contributed by atoms with Gasteiger partial charge in [0.05, 0.1) is 16.5 Å². The number of hydrogen-bond acceptors (Lipinski definition) is 5. The summed E-state index contributed by atoms with van der Waals surface area (Å²) in [5.74, 6) is -3.71. The molecule has 10 heteroatoms. The van der Waals surface area contributed by atoms with E-state index in [0.29, 0.717) is 19.8 Å². The van der Waals surface area contributed by atoms with Crippen molar-refractivity contribution in [3.05, 3.63) is 35.2 Å². The molecule has 0 saturated heterocycles. The van der Waals surface area contributed by atoms with Crippen LogP contribution >= 0.6 is 11.8 Å². The van der Waals surface area contributed by atoms with Gasteiger partial charge in [-0.1, -0.05) is 13.3 Å². The van der Waals surface area contributed by atoms with Gasteiger partial charge >= 0.3 is 6.18 Å². The van der Waals surface area contributed by atoms with Crippen LogP contribution in [0.2, 0.25) is 0 Å². The second-order valence-corrected chi connectivity index (χ2v) is 7.68. The summed E-state index contributed by atoms with van der Waals surface area (Å²) in [6.07, 6.45) is -3.47. The fourth-order valence-corrected chi connectivity index (χ4v) is 3.67. The molecule has 0 saturated carbocycles. The molecule has 2 amide bonds. The van der Waals surface area contributed by atoms with Gasteiger partial charge in [-0.3, -0.25) is 14.4 Å². The first-order valence-corrected chi connectivity index (χ1v) is 9.72. The first-order chi connectivity index (χ1) is 13.8. The van der Waals surface area contributed by atoms with Crippen LogP contribution in [0.4, 0.5) is 23.2 Å². The zero-order valence-corrected chi connectivity index (χ0v) is 17.6. The van der Waals surface area contributed by atoms with Crippen molar-refractivity contribution < 1.29 is 31.9 Å². The number of nitriles is 1. The highest BCUT2D eigenvalue weighted by Gasteiger charge is 2.32. The van der Waals surface area contributed by atoms with E-state index in [-0.39, 0.29) is 27.2 Å². The van der Waals surface area contributed by atoms with Crippen molar-refractivity contribution in [2.45, 2.75) is 56.9 Å². The molecule has 0 spiro atoms. The van der Waals surface area contributed by atoms with Crippen molar-refractivity contribution in [1.82, 2.24) is 0 Å². The number of hydrogen-bond donors (Lipinski definition) is 0. The van der Waals surface area contributed by atoms with Crippen LogP contribution in [-0.4, -0.2) is 29.0 Å². The summed E-state index contributed by atoms with van der Waals surface area (Å²) in [6.45, 7) is 4.76. The molecule has 0 aliphatic rings. The minimum absolute atomic E-state index is 0.124. The van der Waals surface area contributed by atoms with Crippen LogP contribution in [0.1, 0.15) is 46.1 Å². The first kappa shape index (κ1) is 25.4. The molecule has 162 valence electrons. The van der Waals surface area contributed by atoms with E-state index >= 15 is 0 Å². The third-order valence-electron chi connectivity index (χ3n) is 4.01. The lowest BCUT2D eigenvalue weighted by molar-refractivity contribution is -0.124. The van der Waals surface area contributed by atoms with E-state index < -0.39 is 40.3 Å². The van der Waals surface area contributed by atoms with Crippen molar-refractivity contribution in [1.29, 1.82) is 5.26 Å². The van der Waals surface area contributed by atoms with Gasteiger partial charge in [-0.05, 0) is 32.4 Å². The maximum absolute atomic E-state index is 14.6. The summed E-state index contributed by atoms with van der Waals surface area (Å²) < 4.78 is 52.8. The van der Waals surface area contributed by atoms with Crippen molar-refractivity contribution in [3.63, 3.8) is 0 Å². The summed E-state index contributed by atoms with van der Waals surface area (Å²) in [5, 5.41) is 8.74. The number of alkyl halides is 3. The Balaban J connectivity index is 3.53. The number of halogens is 4. The molecule has 1 aromatic carbocycles. The molecule has 0 fully saturated rings. The number of nitrogens with zero attached hydrogens (tertiary/aromatic N) is 2. The fraction of sp³-hybridized carbons (Fsp3) is 0.400. The van der Waals surface area contributed by atoms with Crippen LogP contribution in [0, 0.1) is 17.1 Å². The molecule has 5 nitrogen and oxygen atoms in total. The van der Waals surface area contributed by atoms with Crippen LogP contribution in [-0.2, 0) is 14.4 Å². The van der Waals surface area contributed by atoms with Crippen LogP contribution in [0.5, 0.6) is 0 Å². The summed E-state index contributed by atoms with van der Waals surface area (Å²) in [6, 6.07) is 3.59. The second kappa shape index (κ2) is 10.4. The Morgan fingerprint density at radius 2 is 1.83 bits per heavy atom. The lowest BCUT2D eigenvalue weighted by Crippen LogP contribution is -2.35. The average molecular weight is 444 g/mol. The molecule has 0 aromatic heterocycles. The molecule has 30 heavy (non-hydrogen) atoms. The average Bonchev–Trinajstić information content (AvgIpc) is 2.62. The zero-order chi connectivity index (χ0) is 23.2. The van der Waals surface area contributed by atoms with E-state index in [1.165, 1.54) is 6.92 Å². The zero-order valence-electron chi connectivity index (χ0n) is 16.8. The van der Waals surface area contributed by atoms with E-state index in [9.17, 15) is 37.2 Å². The van der Waals surface area contributed by atoms with Gasteiger partial charge in [0.15, 0.2) is 0 Å². The van der Waals surface area contributed by atoms with Crippen molar-refractivity contribution in [2.75, 3.05) is 4.90 Å². The Kier molecular flexibility index (Phi) is 8.78. The minimum atomic E-state index is -4.79. The molecule has 0 radical (unpaired) electrons. The lowest BCUT2D eigenvalue weighted by atomic mass is 10.1. The third-order valence-corrected chi connectivity index (χ3v) is 5.45. The topological polar surface area (TPSA) is 78.2 Å². The minimum Gasteiger partial charge on any atom is -0.299 e. The number of anilines is 1. The number of amides is 2. The summed E-state index contributed by atoms with van der Waals surface area (Å²) >= 11 is 0.971. The van der Waals surface area contributed by atoms with Gasteiger partial charge in [0.25, 0.3) is 5.91 Å². The second-order valence-electron chi connectivity index (χ2n) is 6.44. The summed E-state index contributed by atoms with van der Waals surface area (Å²) in [4.78, 5) is 36.5. The number of ketones is 1. The van der Waals surface area contributed by atoms with Gasteiger partial charge in [0, 0.05) is 23.5 Å². The first-order valence-electron chi connectivity index (χ1n) is 8.84. The molecule has 1 atom stereocenters. The molecule has 0 aliphatic carbocycles. The van der Waals surface area contributed by atoms with Crippen molar-refractivity contribution in [3.8, 4) is 6.07 Å². The predicted molar refractivity (Wildman–Crippen MR) is 104 cm³/mol. The largest absolute Gasteiger partial charge is 0.412 e. The summed E-state index contributed by atoms with van der Waals surface area (Å²) in [7, 11) is 0.